The van der Waals surface area contributed by atoms with Crippen LogP contribution in [0, 0.1) is 0 Å². The van der Waals surface area contributed by atoms with Crippen LogP contribution in [0.2, 0.25) is 0 Å². The number of oxazole rings is 1. The molecule has 0 aliphatic heterocycles. The number of benzene rings is 2. The lowest BCUT2D eigenvalue weighted by Crippen LogP contribution is -2.38. The Bertz CT molecular complexity index is 1450. The number of ether oxygens (including phenoxy) is 2. The van der Waals surface area contributed by atoms with Crippen LogP contribution in [0.25, 0.3) is 34.0 Å². The Kier molecular flexibility index (Phi) is 4.94. The van der Waals surface area contributed by atoms with E-state index in [9.17, 15) is 18.0 Å². The second-order valence-corrected chi connectivity index (χ2v) is 7.55. The van der Waals surface area contributed by atoms with Crippen molar-refractivity contribution in [1.29, 1.82) is 0 Å². The van der Waals surface area contributed by atoms with Gasteiger partial charge in [-0.05, 0) is 30.3 Å². The molecule has 0 spiro atoms. The summed E-state index contributed by atoms with van der Waals surface area (Å²) in [4.78, 5) is 23.4. The summed E-state index contributed by atoms with van der Waals surface area (Å²) < 4.78 is 46.8. The van der Waals surface area contributed by atoms with Gasteiger partial charge in [0.15, 0.2) is 5.58 Å². The molecular weight excluding hydrogens is 432 g/mol. The molecule has 0 saturated heterocycles. The summed E-state index contributed by atoms with van der Waals surface area (Å²) in [5, 5.41) is 7.99. The number of rotatable bonds is 5. The predicted octanol–water partition coefficient (Wildman–Crippen LogP) is 1.77. The van der Waals surface area contributed by atoms with Gasteiger partial charge in [0.2, 0.25) is 5.89 Å². The number of hydrogen-bond acceptors (Lipinski definition) is 10. The zero-order chi connectivity index (χ0) is 22.2. The number of hydrogen-bond donors (Lipinski definition) is 1. The van der Waals surface area contributed by atoms with Crippen molar-refractivity contribution >= 4 is 27.4 Å². The molecule has 0 saturated carbocycles. The zero-order valence-corrected chi connectivity index (χ0v) is 16.9. The van der Waals surface area contributed by atoms with Crippen molar-refractivity contribution in [1.82, 2.24) is 18.9 Å². The Morgan fingerprint density at radius 2 is 1.81 bits per heavy atom. The number of para-hydroxylation sites is 1. The normalized spacial score (nSPS) is 11.4. The van der Waals surface area contributed by atoms with E-state index in [-0.39, 0.29) is 22.9 Å². The van der Waals surface area contributed by atoms with E-state index in [2.05, 4.69) is 14.9 Å². The van der Waals surface area contributed by atoms with Gasteiger partial charge in [0.25, 0.3) is 5.89 Å². The van der Waals surface area contributed by atoms with Crippen LogP contribution >= 0.6 is 0 Å². The molecule has 13 heteroatoms. The number of fused-ring (bicyclic) bond motifs is 1. The van der Waals surface area contributed by atoms with Crippen molar-refractivity contribution < 1.29 is 31.5 Å². The van der Waals surface area contributed by atoms with Crippen LogP contribution in [0.5, 0.6) is 5.75 Å². The van der Waals surface area contributed by atoms with Crippen LogP contribution < -0.4 is 15.2 Å². The molecular formula is C18H14N4O8S. The van der Waals surface area contributed by atoms with Gasteiger partial charge in [0, 0.05) is 5.56 Å². The first-order valence-electron chi connectivity index (χ1n) is 8.58. The molecule has 2 aromatic carbocycles. The molecule has 12 nitrogen and oxygen atoms in total. The average molecular weight is 446 g/mol. The summed E-state index contributed by atoms with van der Waals surface area (Å²) in [5.41, 5.74) is 0.785. The minimum absolute atomic E-state index is 0.0743. The molecule has 0 radical (unpaired) electrons. The molecule has 160 valence electrons. The monoisotopic (exact) mass is 446 g/mol. The summed E-state index contributed by atoms with van der Waals surface area (Å²) in [6, 6.07) is 11.2. The van der Waals surface area contributed by atoms with Crippen molar-refractivity contribution in [3.05, 3.63) is 53.0 Å². The van der Waals surface area contributed by atoms with Crippen LogP contribution in [0.1, 0.15) is 0 Å². The third-order valence-corrected chi connectivity index (χ3v) is 5.44. The summed E-state index contributed by atoms with van der Waals surface area (Å²) in [6.07, 6.45) is -1.26. The molecule has 4 rings (SSSR count). The number of aromatic nitrogens is 3. The molecule has 0 atom stereocenters. The third-order valence-electron chi connectivity index (χ3n) is 4.19. The number of methoxy groups -OCH3 is 2. The standard InChI is InChI=1S/C18H14N4O8S/c1-27-13-6-4-3-5-11(13)16-20-19-15(30-16)10-7-8-12-14(9-10)29-18(24)22(12)31(25,26)21-17(23)28-2/h3-9H,1-2H3,(H,21,23). The van der Waals surface area contributed by atoms with Gasteiger partial charge < -0.3 is 18.3 Å². The van der Waals surface area contributed by atoms with Gasteiger partial charge in [-0.25, -0.2) is 14.3 Å². The minimum atomic E-state index is -4.58. The fourth-order valence-electron chi connectivity index (χ4n) is 2.82. The second-order valence-electron chi connectivity index (χ2n) is 6.03. The molecule has 0 aliphatic rings. The molecule has 0 bridgehead atoms. The highest BCUT2D eigenvalue weighted by atomic mass is 32.2. The Morgan fingerprint density at radius 3 is 2.55 bits per heavy atom. The van der Waals surface area contributed by atoms with E-state index in [0.29, 0.717) is 20.8 Å². The molecule has 4 aromatic rings. The lowest BCUT2D eigenvalue weighted by Gasteiger charge is -2.05. The lowest BCUT2D eigenvalue weighted by molar-refractivity contribution is 0.177. The van der Waals surface area contributed by atoms with E-state index in [0.717, 1.165) is 7.11 Å². The Balaban J connectivity index is 1.75. The summed E-state index contributed by atoms with van der Waals surface area (Å²) in [7, 11) is -2.09. The van der Waals surface area contributed by atoms with Crippen LogP contribution in [0.4, 0.5) is 4.79 Å². The zero-order valence-electron chi connectivity index (χ0n) is 16.1. The predicted molar refractivity (Wildman–Crippen MR) is 106 cm³/mol. The molecule has 2 heterocycles. The lowest BCUT2D eigenvalue weighted by atomic mass is 10.2. The number of nitrogens with zero attached hydrogens (tertiary/aromatic N) is 3. The highest BCUT2D eigenvalue weighted by Gasteiger charge is 2.25. The molecule has 1 N–H and O–H groups in total. The van der Waals surface area contributed by atoms with E-state index in [4.69, 9.17) is 13.6 Å². The van der Waals surface area contributed by atoms with Crippen molar-refractivity contribution in [3.63, 3.8) is 0 Å². The molecule has 31 heavy (non-hydrogen) atoms. The molecule has 2 aromatic heterocycles. The van der Waals surface area contributed by atoms with E-state index in [1.54, 1.807) is 29.0 Å². The largest absolute Gasteiger partial charge is 0.496 e. The van der Waals surface area contributed by atoms with Crippen LogP contribution in [0.3, 0.4) is 0 Å². The number of carbonyl (C=O) groups is 1. The van der Waals surface area contributed by atoms with E-state index in [1.165, 1.54) is 25.3 Å². The summed E-state index contributed by atoms with van der Waals surface area (Å²) >= 11 is 0. The highest BCUT2D eigenvalue weighted by Crippen LogP contribution is 2.31. The first-order valence-corrected chi connectivity index (χ1v) is 10.0. The maximum Gasteiger partial charge on any atom is 0.435 e. The minimum Gasteiger partial charge on any atom is -0.496 e. The number of amides is 1. The van der Waals surface area contributed by atoms with Gasteiger partial charge >= 0.3 is 22.1 Å². The Hall–Kier alpha value is -4.13. The Morgan fingerprint density at radius 1 is 1.06 bits per heavy atom. The summed E-state index contributed by atoms with van der Waals surface area (Å²) in [5.74, 6) is -0.367. The van der Waals surface area contributed by atoms with Crippen LogP contribution in [-0.2, 0) is 14.9 Å². The van der Waals surface area contributed by atoms with Gasteiger partial charge in [0.05, 0.1) is 19.8 Å². The maximum atomic E-state index is 12.3. The van der Waals surface area contributed by atoms with Gasteiger partial charge in [-0.1, -0.05) is 12.1 Å². The number of nitrogens with one attached hydrogen (secondary N) is 1. The smallest absolute Gasteiger partial charge is 0.435 e. The SMILES string of the molecule is COC(=O)NS(=O)(=O)n1c(=O)oc2cc(-c3nnc(-c4ccccc4OC)o3)ccc21. The van der Waals surface area contributed by atoms with Gasteiger partial charge in [0.1, 0.15) is 11.3 Å². The molecule has 1 amide bonds. The second kappa shape index (κ2) is 7.60. The van der Waals surface area contributed by atoms with Crippen molar-refractivity contribution in [3.8, 4) is 28.7 Å². The first kappa shape index (κ1) is 20.2. The van der Waals surface area contributed by atoms with Crippen LogP contribution in [0.15, 0.2) is 56.1 Å². The third kappa shape index (κ3) is 3.61. The molecule has 0 aliphatic carbocycles. The van der Waals surface area contributed by atoms with E-state index in [1.807, 2.05) is 0 Å². The Labute approximate surface area is 174 Å². The summed E-state index contributed by atoms with van der Waals surface area (Å²) in [6.45, 7) is 0. The van der Waals surface area contributed by atoms with Gasteiger partial charge in [-0.3, -0.25) is 0 Å². The number of carbonyl (C=O) groups excluding carboxylic acids is 1. The molecule has 0 fully saturated rings. The quantitative estimate of drug-likeness (QED) is 0.479. The van der Waals surface area contributed by atoms with E-state index >= 15 is 0 Å². The van der Waals surface area contributed by atoms with Crippen molar-refractivity contribution in [2.24, 2.45) is 0 Å². The molecule has 0 unspecified atom stereocenters. The van der Waals surface area contributed by atoms with Crippen molar-refractivity contribution in [2.75, 3.05) is 14.2 Å². The average Bonchev–Trinajstić information content (AvgIpc) is 3.36. The van der Waals surface area contributed by atoms with Gasteiger partial charge in [-0.2, -0.15) is 12.4 Å². The maximum absolute atomic E-state index is 12.3. The van der Waals surface area contributed by atoms with Crippen molar-refractivity contribution in [2.45, 2.75) is 0 Å². The highest BCUT2D eigenvalue weighted by molar-refractivity contribution is 7.88. The topological polar surface area (TPSA) is 156 Å². The van der Waals surface area contributed by atoms with Crippen LogP contribution in [-0.4, -0.2) is 42.9 Å². The fraction of sp³-hybridized carbons (Fsp3) is 0.111. The first-order chi connectivity index (χ1) is 14.8. The van der Waals surface area contributed by atoms with E-state index < -0.39 is 22.1 Å². The van der Waals surface area contributed by atoms with Gasteiger partial charge in [-0.15, -0.1) is 10.2 Å². The fourth-order valence-corrected chi connectivity index (χ4v) is 3.85.